The molecule has 0 aliphatic carbocycles. The van der Waals surface area contributed by atoms with Crippen LogP contribution < -0.4 is 15.5 Å². The van der Waals surface area contributed by atoms with Crippen molar-refractivity contribution in [3.05, 3.63) is 30.3 Å². The van der Waals surface area contributed by atoms with Gasteiger partial charge in [-0.15, -0.1) is 0 Å². The molecule has 23 heavy (non-hydrogen) atoms. The number of piperazine rings is 1. The summed E-state index contributed by atoms with van der Waals surface area (Å²) in [5, 5.41) is 14.2. The fraction of sp³-hybridized carbons (Fsp3) is 0.588. The van der Waals surface area contributed by atoms with E-state index in [0.717, 1.165) is 39.1 Å². The van der Waals surface area contributed by atoms with Crippen molar-refractivity contribution in [2.45, 2.75) is 12.8 Å². The quantitative estimate of drug-likeness (QED) is 0.622. The van der Waals surface area contributed by atoms with E-state index in [1.165, 1.54) is 5.69 Å². The van der Waals surface area contributed by atoms with Gasteiger partial charge in [0.25, 0.3) is 0 Å². The van der Waals surface area contributed by atoms with E-state index in [-0.39, 0.29) is 12.6 Å². The molecule has 1 fully saturated rings. The molecule has 1 aromatic carbocycles. The molecule has 2 amide bonds. The number of carbonyl (C=O) groups excluding carboxylic acids is 1. The topological polar surface area (TPSA) is 67.8 Å². The fourth-order valence-corrected chi connectivity index (χ4v) is 2.72. The molecule has 1 aromatic rings. The molecule has 1 aliphatic heterocycles. The van der Waals surface area contributed by atoms with Crippen LogP contribution in [0.3, 0.4) is 0 Å². The van der Waals surface area contributed by atoms with Gasteiger partial charge in [-0.25, -0.2) is 4.79 Å². The first-order valence-electron chi connectivity index (χ1n) is 8.44. The van der Waals surface area contributed by atoms with Crippen molar-refractivity contribution in [3.8, 4) is 0 Å². The van der Waals surface area contributed by atoms with Crippen molar-refractivity contribution in [3.63, 3.8) is 0 Å². The van der Waals surface area contributed by atoms with Crippen molar-refractivity contribution in [2.24, 2.45) is 0 Å². The summed E-state index contributed by atoms with van der Waals surface area (Å²) >= 11 is 0. The Morgan fingerprint density at radius 1 is 1.00 bits per heavy atom. The molecule has 1 aliphatic rings. The Kier molecular flexibility index (Phi) is 7.69. The molecule has 0 bridgehead atoms. The molecule has 2 rings (SSSR count). The van der Waals surface area contributed by atoms with Crippen LogP contribution in [-0.4, -0.2) is 68.5 Å². The lowest BCUT2D eigenvalue weighted by Crippen LogP contribution is -2.47. The second-order valence-corrected chi connectivity index (χ2v) is 5.78. The van der Waals surface area contributed by atoms with Crippen LogP contribution in [0, 0.1) is 0 Å². The van der Waals surface area contributed by atoms with E-state index in [9.17, 15) is 4.79 Å². The average Bonchev–Trinajstić information content (AvgIpc) is 2.60. The zero-order valence-corrected chi connectivity index (χ0v) is 13.7. The van der Waals surface area contributed by atoms with E-state index in [4.69, 9.17) is 5.11 Å². The van der Waals surface area contributed by atoms with Gasteiger partial charge in [0.1, 0.15) is 0 Å². The Balaban J connectivity index is 1.54. The van der Waals surface area contributed by atoms with E-state index in [1.54, 1.807) is 0 Å². The van der Waals surface area contributed by atoms with E-state index < -0.39 is 0 Å². The Labute approximate surface area is 138 Å². The zero-order valence-electron chi connectivity index (χ0n) is 13.7. The van der Waals surface area contributed by atoms with Gasteiger partial charge in [-0.1, -0.05) is 18.2 Å². The van der Waals surface area contributed by atoms with Crippen molar-refractivity contribution in [1.82, 2.24) is 15.5 Å². The number of carbonyl (C=O) groups is 1. The minimum Gasteiger partial charge on any atom is -0.396 e. The zero-order chi connectivity index (χ0) is 16.3. The maximum absolute atomic E-state index is 11.4. The van der Waals surface area contributed by atoms with Crippen molar-refractivity contribution in [1.29, 1.82) is 0 Å². The predicted octanol–water partition coefficient (Wildman–Crippen LogP) is 0.880. The largest absolute Gasteiger partial charge is 0.396 e. The number of hydrogen-bond acceptors (Lipinski definition) is 4. The van der Waals surface area contributed by atoms with Crippen molar-refractivity contribution >= 4 is 11.7 Å². The van der Waals surface area contributed by atoms with E-state index >= 15 is 0 Å². The Morgan fingerprint density at radius 3 is 2.30 bits per heavy atom. The fourth-order valence-electron chi connectivity index (χ4n) is 2.72. The van der Waals surface area contributed by atoms with Crippen molar-refractivity contribution < 1.29 is 9.90 Å². The highest BCUT2D eigenvalue weighted by Gasteiger charge is 2.16. The van der Waals surface area contributed by atoms with Gasteiger partial charge in [0, 0.05) is 51.6 Å². The number of para-hydroxylation sites is 1. The number of aliphatic hydroxyl groups excluding tert-OH is 1. The molecule has 1 saturated heterocycles. The Hall–Kier alpha value is -1.79. The van der Waals surface area contributed by atoms with Gasteiger partial charge in [0.15, 0.2) is 0 Å². The first kappa shape index (κ1) is 17.6. The molecule has 0 saturated carbocycles. The van der Waals surface area contributed by atoms with E-state index in [1.807, 2.05) is 6.07 Å². The molecule has 0 radical (unpaired) electrons. The molecule has 0 atom stereocenters. The summed E-state index contributed by atoms with van der Waals surface area (Å²) < 4.78 is 0. The molecule has 6 heteroatoms. The highest BCUT2D eigenvalue weighted by atomic mass is 16.3. The maximum atomic E-state index is 11.4. The van der Waals surface area contributed by atoms with Crippen LogP contribution in [0.4, 0.5) is 10.5 Å². The third-order valence-corrected chi connectivity index (χ3v) is 4.05. The number of nitrogens with one attached hydrogen (secondary N) is 2. The maximum Gasteiger partial charge on any atom is 0.314 e. The lowest BCUT2D eigenvalue weighted by Gasteiger charge is -2.36. The minimum atomic E-state index is -0.146. The smallest absolute Gasteiger partial charge is 0.314 e. The summed E-state index contributed by atoms with van der Waals surface area (Å²) in [7, 11) is 0. The van der Waals surface area contributed by atoms with Gasteiger partial charge in [0.2, 0.25) is 0 Å². The molecule has 0 aromatic heterocycles. The first-order chi connectivity index (χ1) is 11.3. The van der Waals surface area contributed by atoms with Crippen LogP contribution in [0.5, 0.6) is 0 Å². The molecular formula is C17H28N4O2. The van der Waals surface area contributed by atoms with Gasteiger partial charge in [-0.3, -0.25) is 4.90 Å². The number of nitrogens with zero attached hydrogens (tertiary/aromatic N) is 2. The first-order valence-corrected chi connectivity index (χ1v) is 8.44. The molecule has 128 valence electrons. The molecule has 0 spiro atoms. The highest BCUT2D eigenvalue weighted by molar-refractivity contribution is 5.73. The second-order valence-electron chi connectivity index (χ2n) is 5.78. The lowest BCUT2D eigenvalue weighted by molar-refractivity contribution is 0.234. The summed E-state index contributed by atoms with van der Waals surface area (Å²) in [5.74, 6) is 0. The van der Waals surface area contributed by atoms with Crippen LogP contribution in [0.1, 0.15) is 12.8 Å². The predicted molar refractivity (Wildman–Crippen MR) is 92.8 cm³/mol. The Morgan fingerprint density at radius 2 is 1.65 bits per heavy atom. The number of urea groups is 1. The summed E-state index contributed by atoms with van der Waals surface area (Å²) in [4.78, 5) is 16.3. The third-order valence-electron chi connectivity index (χ3n) is 4.05. The average molecular weight is 320 g/mol. The van der Waals surface area contributed by atoms with Crippen LogP contribution in [-0.2, 0) is 0 Å². The standard InChI is InChI=1S/C17H28N4O2/c22-15-5-9-19-17(23)18-8-4-10-20-11-13-21(14-12-20)16-6-2-1-3-7-16/h1-3,6-7,22H,4-5,8-15H2,(H2,18,19,23). The van der Waals surface area contributed by atoms with Gasteiger partial charge in [-0.2, -0.15) is 0 Å². The monoisotopic (exact) mass is 320 g/mol. The van der Waals surface area contributed by atoms with Crippen LogP contribution >= 0.6 is 0 Å². The lowest BCUT2D eigenvalue weighted by atomic mass is 10.2. The SMILES string of the molecule is O=C(NCCCO)NCCCN1CCN(c2ccccc2)CC1. The number of amides is 2. The molecule has 3 N–H and O–H groups in total. The summed E-state index contributed by atoms with van der Waals surface area (Å²) in [5.41, 5.74) is 1.30. The van der Waals surface area contributed by atoms with E-state index in [0.29, 0.717) is 19.5 Å². The molecule has 0 unspecified atom stereocenters. The number of anilines is 1. The van der Waals surface area contributed by atoms with Crippen LogP contribution in [0.15, 0.2) is 30.3 Å². The molecule has 6 nitrogen and oxygen atoms in total. The number of benzene rings is 1. The van der Waals surface area contributed by atoms with Gasteiger partial charge < -0.3 is 20.6 Å². The van der Waals surface area contributed by atoms with Crippen LogP contribution in [0.2, 0.25) is 0 Å². The minimum absolute atomic E-state index is 0.106. The van der Waals surface area contributed by atoms with Gasteiger partial charge in [0.05, 0.1) is 0 Å². The van der Waals surface area contributed by atoms with Crippen molar-refractivity contribution in [2.75, 3.05) is 57.3 Å². The normalized spacial score (nSPS) is 15.4. The third kappa shape index (κ3) is 6.46. The van der Waals surface area contributed by atoms with Crippen LogP contribution in [0.25, 0.3) is 0 Å². The number of hydrogen-bond donors (Lipinski definition) is 3. The second kappa shape index (κ2) is 10.1. The highest BCUT2D eigenvalue weighted by Crippen LogP contribution is 2.15. The molecule has 1 heterocycles. The summed E-state index contributed by atoms with van der Waals surface area (Å²) in [6.07, 6.45) is 1.55. The van der Waals surface area contributed by atoms with Gasteiger partial charge in [-0.05, 0) is 31.5 Å². The number of aliphatic hydroxyl groups is 1. The summed E-state index contributed by atoms with van der Waals surface area (Å²) in [6, 6.07) is 10.4. The number of rotatable bonds is 8. The van der Waals surface area contributed by atoms with E-state index in [2.05, 4.69) is 44.7 Å². The summed E-state index contributed by atoms with van der Waals surface area (Å²) in [6.45, 7) is 6.57. The van der Waals surface area contributed by atoms with Gasteiger partial charge >= 0.3 is 6.03 Å². The molecular weight excluding hydrogens is 292 g/mol. The Bertz CT molecular complexity index is 447.